The molecule has 0 radical (unpaired) electrons. The summed E-state index contributed by atoms with van der Waals surface area (Å²) in [5.74, 6) is 0.594. The van der Waals surface area contributed by atoms with Gasteiger partial charge < -0.3 is 20.4 Å². The first kappa shape index (κ1) is 24.1. The van der Waals surface area contributed by atoms with E-state index in [4.69, 9.17) is 22.1 Å². The van der Waals surface area contributed by atoms with Crippen molar-refractivity contribution >= 4 is 45.1 Å². The van der Waals surface area contributed by atoms with E-state index in [1.54, 1.807) is 0 Å². The number of morpholine rings is 1. The Morgan fingerprint density at radius 3 is 2.78 bits per heavy atom. The summed E-state index contributed by atoms with van der Waals surface area (Å²) < 4.78 is 5.55. The van der Waals surface area contributed by atoms with Gasteiger partial charge in [0.1, 0.15) is 12.1 Å². The summed E-state index contributed by atoms with van der Waals surface area (Å²) in [6.45, 7) is 6.42. The number of benzene rings is 2. The SMILES string of the molecule is Nc1ncnc2cc(CN3C(=O)CN(Cc4cc5cc(Cl)ccc5[nH]4)CC3CN3CCOCC3)ccc12. The van der Waals surface area contributed by atoms with Crippen LogP contribution in [0.3, 0.4) is 0 Å². The number of nitrogens with two attached hydrogens (primary N) is 1. The van der Waals surface area contributed by atoms with Crippen LogP contribution in [0.2, 0.25) is 5.02 Å². The van der Waals surface area contributed by atoms with Crippen LogP contribution in [0.5, 0.6) is 0 Å². The van der Waals surface area contributed by atoms with E-state index in [2.05, 4.69) is 30.8 Å². The van der Waals surface area contributed by atoms with E-state index in [-0.39, 0.29) is 11.9 Å². The molecule has 2 aliphatic rings. The average molecular weight is 520 g/mol. The third-order valence-electron chi connectivity index (χ3n) is 7.28. The Kier molecular flexibility index (Phi) is 6.69. The van der Waals surface area contributed by atoms with Crippen LogP contribution in [0.1, 0.15) is 11.3 Å². The number of carbonyl (C=O) groups excluding carboxylic acids is 1. The summed E-state index contributed by atoms with van der Waals surface area (Å²) in [6, 6.07) is 14.0. The lowest BCUT2D eigenvalue weighted by molar-refractivity contribution is -0.142. The second-order valence-electron chi connectivity index (χ2n) is 9.89. The van der Waals surface area contributed by atoms with E-state index in [0.29, 0.717) is 25.5 Å². The zero-order valence-electron chi connectivity index (χ0n) is 20.6. The molecule has 6 rings (SSSR count). The van der Waals surface area contributed by atoms with Crippen LogP contribution in [-0.2, 0) is 22.6 Å². The van der Waals surface area contributed by atoms with Crippen molar-refractivity contribution in [1.29, 1.82) is 0 Å². The maximum absolute atomic E-state index is 13.6. The number of nitrogens with one attached hydrogen (secondary N) is 1. The van der Waals surface area contributed by atoms with Gasteiger partial charge in [-0.1, -0.05) is 17.7 Å². The van der Waals surface area contributed by atoms with Gasteiger partial charge in [-0.25, -0.2) is 9.97 Å². The molecule has 10 heteroatoms. The molecule has 1 unspecified atom stereocenters. The Labute approximate surface area is 220 Å². The molecule has 1 amide bonds. The lowest BCUT2D eigenvalue weighted by Gasteiger charge is -2.43. The number of aromatic amines is 1. The van der Waals surface area contributed by atoms with Crippen LogP contribution in [-0.4, -0.2) is 87.5 Å². The number of fused-ring (bicyclic) bond motifs is 2. The third kappa shape index (κ3) is 5.26. The van der Waals surface area contributed by atoms with Gasteiger partial charge >= 0.3 is 0 Å². The molecular formula is C27H30ClN7O2. The molecule has 3 N–H and O–H groups in total. The van der Waals surface area contributed by atoms with Gasteiger partial charge in [0.05, 0.1) is 31.3 Å². The minimum absolute atomic E-state index is 0.0596. The number of rotatable bonds is 6. The monoisotopic (exact) mass is 519 g/mol. The average Bonchev–Trinajstić information content (AvgIpc) is 3.28. The minimum atomic E-state index is 0.0596. The summed E-state index contributed by atoms with van der Waals surface area (Å²) in [4.78, 5) is 32.2. The van der Waals surface area contributed by atoms with Gasteiger partial charge in [0, 0.05) is 66.3 Å². The van der Waals surface area contributed by atoms with E-state index >= 15 is 0 Å². The highest BCUT2D eigenvalue weighted by molar-refractivity contribution is 6.31. The van der Waals surface area contributed by atoms with Crippen molar-refractivity contribution in [2.45, 2.75) is 19.1 Å². The van der Waals surface area contributed by atoms with Crippen LogP contribution in [0, 0.1) is 0 Å². The van der Waals surface area contributed by atoms with E-state index in [9.17, 15) is 4.79 Å². The first-order valence-corrected chi connectivity index (χ1v) is 13.0. The summed E-state index contributed by atoms with van der Waals surface area (Å²) in [5, 5.41) is 2.63. The van der Waals surface area contributed by atoms with E-state index in [0.717, 1.165) is 77.5 Å². The van der Waals surface area contributed by atoms with Gasteiger partial charge in [-0.05, 0) is 42.0 Å². The van der Waals surface area contributed by atoms with Gasteiger partial charge in [0.2, 0.25) is 5.91 Å². The zero-order chi connectivity index (χ0) is 25.4. The summed E-state index contributed by atoms with van der Waals surface area (Å²) in [5.41, 5.74) is 9.96. The van der Waals surface area contributed by atoms with Gasteiger partial charge in [-0.2, -0.15) is 0 Å². The Morgan fingerprint density at radius 2 is 1.92 bits per heavy atom. The largest absolute Gasteiger partial charge is 0.383 e. The number of aromatic nitrogens is 3. The number of halogens is 1. The first-order chi connectivity index (χ1) is 18.0. The Hall–Kier alpha value is -3.24. The van der Waals surface area contributed by atoms with Gasteiger partial charge in [-0.15, -0.1) is 0 Å². The zero-order valence-corrected chi connectivity index (χ0v) is 21.3. The fourth-order valence-electron chi connectivity index (χ4n) is 5.43. The van der Waals surface area contributed by atoms with Crippen molar-refractivity contribution in [3.8, 4) is 0 Å². The molecule has 2 aromatic carbocycles. The highest BCUT2D eigenvalue weighted by Gasteiger charge is 2.34. The standard InChI is InChI=1S/C27H30ClN7O2/c28-20-2-4-24-19(10-20)11-21(32-24)13-34-15-22(14-33-5-7-37-8-6-33)35(26(36)16-34)12-18-1-3-23-25(9-18)30-17-31-27(23)29/h1-4,9-11,17,22,32H,5-8,12-16H2,(H2,29,30,31). The molecule has 0 spiro atoms. The number of piperazine rings is 1. The van der Waals surface area contributed by atoms with Crippen LogP contribution >= 0.6 is 11.6 Å². The molecule has 9 nitrogen and oxygen atoms in total. The molecule has 2 fully saturated rings. The van der Waals surface area contributed by atoms with E-state index in [1.807, 2.05) is 41.3 Å². The summed E-state index contributed by atoms with van der Waals surface area (Å²) >= 11 is 6.17. The molecule has 4 heterocycles. The number of amides is 1. The van der Waals surface area contributed by atoms with Gasteiger partial charge in [0.15, 0.2) is 0 Å². The number of carbonyl (C=O) groups is 1. The van der Waals surface area contributed by atoms with Crippen molar-refractivity contribution in [3.63, 3.8) is 0 Å². The quantitative estimate of drug-likeness (QED) is 0.403. The molecular weight excluding hydrogens is 490 g/mol. The van der Waals surface area contributed by atoms with Crippen molar-refractivity contribution in [1.82, 2.24) is 29.7 Å². The van der Waals surface area contributed by atoms with Crippen LogP contribution in [0.25, 0.3) is 21.8 Å². The van der Waals surface area contributed by atoms with Crippen LogP contribution in [0.4, 0.5) is 5.82 Å². The highest BCUT2D eigenvalue weighted by Crippen LogP contribution is 2.24. The number of nitrogen functional groups attached to an aromatic ring is 1. The van der Waals surface area contributed by atoms with Crippen molar-refractivity contribution < 1.29 is 9.53 Å². The third-order valence-corrected chi connectivity index (χ3v) is 7.51. The molecule has 0 bridgehead atoms. The van der Waals surface area contributed by atoms with Crippen molar-refractivity contribution in [3.05, 3.63) is 65.1 Å². The molecule has 0 aliphatic carbocycles. The second kappa shape index (κ2) is 10.3. The number of nitrogens with zero attached hydrogens (tertiary/aromatic N) is 5. The fraction of sp³-hybridized carbons (Fsp3) is 0.370. The van der Waals surface area contributed by atoms with Crippen LogP contribution in [0.15, 0.2) is 48.8 Å². The number of ether oxygens (including phenoxy) is 1. The molecule has 4 aromatic rings. The highest BCUT2D eigenvalue weighted by atomic mass is 35.5. The van der Waals surface area contributed by atoms with Crippen molar-refractivity contribution in [2.75, 3.05) is 51.7 Å². The predicted octanol–water partition coefficient (Wildman–Crippen LogP) is 2.89. The molecule has 2 aliphatic heterocycles. The molecule has 37 heavy (non-hydrogen) atoms. The second-order valence-corrected chi connectivity index (χ2v) is 10.3. The maximum Gasteiger partial charge on any atom is 0.237 e. The first-order valence-electron chi connectivity index (χ1n) is 12.6. The van der Waals surface area contributed by atoms with E-state index in [1.165, 1.54) is 6.33 Å². The molecule has 2 saturated heterocycles. The molecule has 0 saturated carbocycles. The topological polar surface area (TPSA) is 104 Å². The normalized spacial score (nSPS) is 19.8. The van der Waals surface area contributed by atoms with Crippen LogP contribution < -0.4 is 5.73 Å². The fourth-order valence-corrected chi connectivity index (χ4v) is 5.61. The Morgan fingerprint density at radius 1 is 1.05 bits per heavy atom. The number of hydrogen-bond donors (Lipinski definition) is 2. The van der Waals surface area contributed by atoms with Crippen molar-refractivity contribution in [2.24, 2.45) is 0 Å². The lowest BCUT2D eigenvalue weighted by Crippen LogP contribution is -2.59. The molecule has 1 atom stereocenters. The van der Waals surface area contributed by atoms with Gasteiger partial charge in [-0.3, -0.25) is 14.6 Å². The van der Waals surface area contributed by atoms with Gasteiger partial charge in [0.25, 0.3) is 0 Å². The summed E-state index contributed by atoms with van der Waals surface area (Å²) in [7, 11) is 0. The molecule has 192 valence electrons. The predicted molar refractivity (Wildman–Crippen MR) is 144 cm³/mol. The Balaban J connectivity index is 1.23. The number of anilines is 1. The minimum Gasteiger partial charge on any atom is -0.383 e. The number of H-pyrrole nitrogens is 1. The summed E-state index contributed by atoms with van der Waals surface area (Å²) in [6.07, 6.45) is 1.48. The molecule has 2 aromatic heterocycles. The smallest absolute Gasteiger partial charge is 0.237 e. The lowest BCUT2D eigenvalue weighted by atomic mass is 10.1. The number of hydrogen-bond acceptors (Lipinski definition) is 7. The maximum atomic E-state index is 13.6. The Bertz CT molecular complexity index is 1440. The van der Waals surface area contributed by atoms with E-state index < -0.39 is 0 Å².